The summed E-state index contributed by atoms with van der Waals surface area (Å²) in [7, 11) is -4.88. The van der Waals surface area contributed by atoms with Crippen LogP contribution >= 0.6 is 11.6 Å². The molecule has 1 aliphatic heterocycles. The molecule has 0 radical (unpaired) electrons. The van der Waals surface area contributed by atoms with Gasteiger partial charge in [-0.1, -0.05) is 11.6 Å². The number of halogens is 1. The lowest BCUT2D eigenvalue weighted by atomic mass is 9.79. The molecule has 0 saturated carbocycles. The van der Waals surface area contributed by atoms with E-state index >= 15 is 0 Å². The Morgan fingerprint density at radius 3 is 2.64 bits per heavy atom. The average Bonchev–Trinajstić information content (AvgIpc) is 2.80. The first kappa shape index (κ1) is 15.2. The van der Waals surface area contributed by atoms with Crippen LogP contribution in [0.1, 0.15) is 5.56 Å². The van der Waals surface area contributed by atoms with Gasteiger partial charge in [0.05, 0.1) is 22.2 Å². The van der Waals surface area contributed by atoms with E-state index in [0.29, 0.717) is 11.2 Å². The van der Waals surface area contributed by atoms with Crippen LogP contribution in [0.2, 0.25) is 5.02 Å². The van der Waals surface area contributed by atoms with E-state index in [9.17, 15) is 13.4 Å². The van der Waals surface area contributed by atoms with Gasteiger partial charge in [-0.05, 0) is 47.4 Å². The predicted molar refractivity (Wildman–Crippen MR) is 85.5 cm³/mol. The zero-order chi connectivity index (χ0) is 15.9. The average molecular weight is 339 g/mol. The van der Waals surface area contributed by atoms with Crippen molar-refractivity contribution >= 4 is 45.6 Å². The second-order valence-corrected chi connectivity index (χ2v) is 6.96. The van der Waals surface area contributed by atoms with Gasteiger partial charge in [-0.15, -0.1) is 0 Å². The first-order valence-electron chi connectivity index (χ1n) is 6.37. The molecule has 22 heavy (non-hydrogen) atoms. The van der Waals surface area contributed by atoms with Crippen molar-refractivity contribution in [3.05, 3.63) is 47.0 Å². The number of nitrogens with one attached hydrogen (secondary N) is 1. The first-order chi connectivity index (χ1) is 10.4. The van der Waals surface area contributed by atoms with E-state index in [-0.39, 0.29) is 22.2 Å². The number of nitrogens with two attached hydrogens (primary N) is 1. The molecule has 0 fully saturated rings. The van der Waals surface area contributed by atoms with Gasteiger partial charge >= 0.3 is 7.12 Å². The van der Waals surface area contributed by atoms with Gasteiger partial charge < -0.3 is 15.4 Å². The zero-order valence-electron chi connectivity index (χ0n) is 11.3. The Morgan fingerprint density at radius 1 is 1.27 bits per heavy atom. The van der Waals surface area contributed by atoms with Crippen molar-refractivity contribution in [2.45, 2.75) is 11.5 Å². The first-order valence-corrected chi connectivity index (χ1v) is 8.23. The fourth-order valence-electron chi connectivity index (χ4n) is 2.17. The molecule has 1 heterocycles. The second-order valence-electron chi connectivity index (χ2n) is 4.87. The smallest absolute Gasteiger partial charge is 0.423 e. The van der Waals surface area contributed by atoms with Crippen molar-refractivity contribution < 1.29 is 18.1 Å². The van der Waals surface area contributed by atoms with Gasteiger partial charge in [0.25, 0.3) is 10.0 Å². The number of sulfonamides is 1. The number of nitrogen functional groups attached to an aromatic ring is 1. The minimum atomic E-state index is -3.80. The summed E-state index contributed by atoms with van der Waals surface area (Å²) in [6.07, 6.45) is 0. The van der Waals surface area contributed by atoms with Crippen molar-refractivity contribution in [3.8, 4) is 0 Å². The molecule has 1 aliphatic rings. The van der Waals surface area contributed by atoms with Gasteiger partial charge in [0.15, 0.2) is 0 Å². The Balaban J connectivity index is 1.96. The molecule has 0 atom stereocenters. The SMILES string of the molecule is Nc1ccc(S(=O)(=O)Nc2cc3c(cc2Cl)COB3O)cc1. The van der Waals surface area contributed by atoms with Crippen molar-refractivity contribution in [2.24, 2.45) is 0 Å². The van der Waals surface area contributed by atoms with Crippen LogP contribution in [-0.4, -0.2) is 20.6 Å². The Labute approximate surface area is 133 Å². The fraction of sp³-hybridized carbons (Fsp3) is 0.0769. The third-order valence-corrected chi connectivity index (χ3v) is 5.02. The van der Waals surface area contributed by atoms with Crippen LogP contribution in [0.3, 0.4) is 0 Å². The molecule has 0 spiro atoms. The molecular weight excluding hydrogens is 326 g/mol. The Morgan fingerprint density at radius 2 is 1.95 bits per heavy atom. The van der Waals surface area contributed by atoms with Gasteiger partial charge in [-0.2, -0.15) is 0 Å². The highest BCUT2D eigenvalue weighted by atomic mass is 35.5. The third kappa shape index (κ3) is 2.78. The van der Waals surface area contributed by atoms with E-state index in [1.807, 2.05) is 0 Å². The van der Waals surface area contributed by atoms with Crippen LogP contribution < -0.4 is 15.9 Å². The molecule has 0 amide bonds. The summed E-state index contributed by atoms with van der Waals surface area (Å²) in [5.41, 5.74) is 7.42. The molecule has 114 valence electrons. The molecule has 2 aromatic carbocycles. The minimum absolute atomic E-state index is 0.0649. The number of benzene rings is 2. The van der Waals surface area contributed by atoms with Crippen molar-refractivity contribution in [2.75, 3.05) is 10.5 Å². The molecule has 2 aromatic rings. The molecule has 0 bridgehead atoms. The number of hydrogen-bond acceptors (Lipinski definition) is 5. The minimum Gasteiger partial charge on any atom is -0.423 e. The van der Waals surface area contributed by atoms with Crippen LogP contribution in [-0.2, 0) is 21.3 Å². The summed E-state index contributed by atoms with van der Waals surface area (Å²) in [6.45, 7) is 0.237. The summed E-state index contributed by atoms with van der Waals surface area (Å²) in [5.74, 6) is 0. The van der Waals surface area contributed by atoms with E-state index in [1.165, 1.54) is 30.3 Å². The van der Waals surface area contributed by atoms with Gasteiger partial charge in [-0.25, -0.2) is 8.42 Å². The van der Waals surface area contributed by atoms with Crippen molar-refractivity contribution in [3.63, 3.8) is 0 Å². The molecule has 3 rings (SSSR count). The molecule has 6 nitrogen and oxygen atoms in total. The third-order valence-electron chi connectivity index (χ3n) is 3.33. The summed E-state index contributed by atoms with van der Waals surface area (Å²) < 4.78 is 32.2. The second kappa shape index (κ2) is 5.47. The lowest BCUT2D eigenvalue weighted by Gasteiger charge is -2.11. The molecule has 4 N–H and O–H groups in total. The van der Waals surface area contributed by atoms with Crippen LogP contribution in [0.4, 0.5) is 11.4 Å². The van der Waals surface area contributed by atoms with E-state index in [1.54, 1.807) is 6.07 Å². The fourth-order valence-corrected chi connectivity index (χ4v) is 3.53. The Kier molecular flexibility index (Phi) is 3.78. The highest BCUT2D eigenvalue weighted by Gasteiger charge is 2.29. The Bertz CT molecular complexity index is 827. The molecule has 0 aromatic heterocycles. The van der Waals surface area contributed by atoms with Gasteiger partial charge in [0.2, 0.25) is 0 Å². The highest BCUT2D eigenvalue weighted by Crippen LogP contribution is 2.27. The van der Waals surface area contributed by atoms with Crippen molar-refractivity contribution in [1.82, 2.24) is 0 Å². The number of rotatable bonds is 3. The standard InChI is InChI=1S/C13H12BClN2O4S/c15-12-5-8-7-21-14(18)11(8)6-13(12)17-22(19,20)10-3-1-9(16)2-4-10/h1-6,17-18H,7,16H2. The normalized spacial score (nSPS) is 14.0. The predicted octanol–water partition coefficient (Wildman–Crippen LogP) is 0.941. The van der Waals surface area contributed by atoms with E-state index < -0.39 is 17.1 Å². The molecule has 0 unspecified atom stereocenters. The largest absolute Gasteiger partial charge is 0.491 e. The van der Waals surface area contributed by atoms with E-state index in [4.69, 9.17) is 22.0 Å². The Hall–Kier alpha value is -1.74. The summed E-state index contributed by atoms with van der Waals surface area (Å²) in [6, 6.07) is 8.85. The molecule has 9 heteroatoms. The lowest BCUT2D eigenvalue weighted by molar-refractivity contribution is 0.275. The van der Waals surface area contributed by atoms with Gasteiger partial charge in [0, 0.05) is 5.69 Å². The summed E-state index contributed by atoms with van der Waals surface area (Å²) >= 11 is 6.09. The number of anilines is 2. The van der Waals surface area contributed by atoms with Crippen LogP contribution in [0, 0.1) is 0 Å². The maximum atomic E-state index is 12.3. The topological polar surface area (TPSA) is 102 Å². The van der Waals surface area contributed by atoms with E-state index in [0.717, 1.165) is 5.56 Å². The van der Waals surface area contributed by atoms with Crippen LogP contribution in [0.15, 0.2) is 41.3 Å². The number of hydrogen-bond donors (Lipinski definition) is 3. The summed E-state index contributed by atoms with van der Waals surface area (Å²) in [4.78, 5) is 0.0649. The van der Waals surface area contributed by atoms with Gasteiger partial charge in [-0.3, -0.25) is 4.72 Å². The molecular formula is C13H12BClN2O4S. The maximum Gasteiger partial charge on any atom is 0.491 e. The van der Waals surface area contributed by atoms with Crippen LogP contribution in [0.5, 0.6) is 0 Å². The molecule has 0 aliphatic carbocycles. The number of fused-ring (bicyclic) bond motifs is 1. The maximum absolute atomic E-state index is 12.3. The quantitative estimate of drug-likeness (QED) is 0.571. The van der Waals surface area contributed by atoms with E-state index in [2.05, 4.69) is 4.72 Å². The summed E-state index contributed by atoms with van der Waals surface area (Å²) in [5, 5.41) is 9.92. The van der Waals surface area contributed by atoms with Gasteiger partial charge in [0.1, 0.15) is 0 Å². The molecule has 0 saturated heterocycles. The lowest BCUT2D eigenvalue weighted by Crippen LogP contribution is -2.28. The zero-order valence-corrected chi connectivity index (χ0v) is 12.9. The van der Waals surface area contributed by atoms with Crippen molar-refractivity contribution in [1.29, 1.82) is 0 Å². The monoisotopic (exact) mass is 338 g/mol. The highest BCUT2D eigenvalue weighted by molar-refractivity contribution is 7.92. The van der Waals surface area contributed by atoms with Crippen LogP contribution in [0.25, 0.3) is 0 Å².